The Morgan fingerprint density at radius 2 is 1.70 bits per heavy atom. The Kier molecular flexibility index (Phi) is 1.88. The molecule has 1 aliphatic heterocycles. The van der Waals surface area contributed by atoms with Gasteiger partial charge >= 0.3 is 0 Å². The lowest BCUT2D eigenvalue weighted by molar-refractivity contribution is 0.220. The van der Waals surface area contributed by atoms with Crippen LogP contribution in [0.1, 0.15) is 25.7 Å². The van der Waals surface area contributed by atoms with Crippen molar-refractivity contribution in [1.29, 1.82) is 0 Å². The van der Waals surface area contributed by atoms with Gasteiger partial charge in [0, 0.05) is 6.04 Å². The van der Waals surface area contributed by atoms with Gasteiger partial charge in [-0.3, -0.25) is 4.90 Å². The lowest BCUT2D eigenvalue weighted by atomic mass is 10.1. The first-order chi connectivity index (χ1) is 4.88. The Bertz CT molecular complexity index is 120. The van der Waals surface area contributed by atoms with Crippen LogP contribution in [0.25, 0.3) is 0 Å². The van der Waals surface area contributed by atoms with Crippen LogP contribution in [0.3, 0.4) is 0 Å². The molecule has 1 saturated carbocycles. The zero-order valence-electron chi connectivity index (χ0n) is 6.22. The fraction of sp³-hybridized carbons (Fsp3) is 1.00. The van der Waals surface area contributed by atoms with Gasteiger partial charge in [-0.2, -0.15) is 0 Å². The van der Waals surface area contributed by atoms with Crippen LogP contribution in [0.4, 0.5) is 0 Å². The average molecular weight is 160 g/mol. The largest absolute Gasteiger partial charge is 0.299 e. The summed E-state index contributed by atoms with van der Waals surface area (Å²) in [4.78, 5) is 2.56. The normalized spacial score (nSPS) is 41.7. The van der Waals surface area contributed by atoms with Crippen LogP contribution in [0.15, 0.2) is 0 Å². The second-order valence-corrected chi connectivity index (χ2v) is 3.98. The molecule has 0 spiro atoms. The molecule has 0 bridgehead atoms. The monoisotopic (exact) mass is 159 g/mol. The molecule has 2 atom stereocenters. The smallest absolute Gasteiger partial charge is 0.0507 e. The Morgan fingerprint density at radius 3 is 2.20 bits per heavy atom. The SMILES string of the molecule is ClC1CC1N1CCCCC1. The van der Waals surface area contributed by atoms with E-state index in [9.17, 15) is 0 Å². The standard InChI is InChI=1S/C8H14ClN/c9-7-6-8(7)10-4-2-1-3-5-10/h7-8H,1-6H2. The van der Waals surface area contributed by atoms with Crippen molar-refractivity contribution in [3.05, 3.63) is 0 Å². The molecule has 1 heterocycles. The van der Waals surface area contributed by atoms with Crippen molar-refractivity contribution in [1.82, 2.24) is 4.90 Å². The van der Waals surface area contributed by atoms with E-state index in [1.807, 2.05) is 0 Å². The molecule has 1 nitrogen and oxygen atoms in total. The summed E-state index contributed by atoms with van der Waals surface area (Å²) in [6.45, 7) is 2.60. The van der Waals surface area contributed by atoms with Gasteiger partial charge in [0.05, 0.1) is 5.38 Å². The maximum Gasteiger partial charge on any atom is 0.0507 e. The molecule has 2 aliphatic rings. The van der Waals surface area contributed by atoms with Crippen LogP contribution in [-0.2, 0) is 0 Å². The summed E-state index contributed by atoms with van der Waals surface area (Å²) in [6.07, 6.45) is 5.44. The van der Waals surface area contributed by atoms with E-state index >= 15 is 0 Å². The molecule has 0 radical (unpaired) electrons. The van der Waals surface area contributed by atoms with E-state index in [0.717, 1.165) is 6.04 Å². The molecule has 0 amide bonds. The summed E-state index contributed by atoms with van der Waals surface area (Å²) in [5, 5.41) is 0.484. The van der Waals surface area contributed by atoms with Crippen LogP contribution in [0.2, 0.25) is 0 Å². The van der Waals surface area contributed by atoms with Crippen molar-refractivity contribution >= 4 is 11.6 Å². The van der Waals surface area contributed by atoms with Crippen LogP contribution in [0, 0.1) is 0 Å². The van der Waals surface area contributed by atoms with E-state index in [2.05, 4.69) is 4.90 Å². The second-order valence-electron chi connectivity index (χ2n) is 3.42. The topological polar surface area (TPSA) is 3.24 Å². The van der Waals surface area contributed by atoms with Crippen molar-refractivity contribution < 1.29 is 0 Å². The van der Waals surface area contributed by atoms with Crippen molar-refractivity contribution in [2.24, 2.45) is 0 Å². The summed E-state index contributed by atoms with van der Waals surface area (Å²) >= 11 is 5.94. The molecule has 10 heavy (non-hydrogen) atoms. The highest BCUT2D eigenvalue weighted by Crippen LogP contribution is 2.34. The molecule has 2 heteroatoms. The molecule has 2 unspecified atom stereocenters. The van der Waals surface area contributed by atoms with Gasteiger partial charge in [-0.05, 0) is 32.4 Å². The second kappa shape index (κ2) is 2.71. The van der Waals surface area contributed by atoms with Crippen LogP contribution in [-0.4, -0.2) is 29.4 Å². The number of hydrogen-bond donors (Lipinski definition) is 0. The number of nitrogens with zero attached hydrogens (tertiary/aromatic N) is 1. The molecule has 2 fully saturated rings. The fourth-order valence-corrected chi connectivity index (χ4v) is 2.12. The van der Waals surface area contributed by atoms with Crippen LogP contribution < -0.4 is 0 Å². The summed E-state index contributed by atoms with van der Waals surface area (Å²) in [5.41, 5.74) is 0. The van der Waals surface area contributed by atoms with Crippen molar-refractivity contribution in [2.45, 2.75) is 37.1 Å². The minimum absolute atomic E-state index is 0.484. The minimum atomic E-state index is 0.484. The van der Waals surface area contributed by atoms with Gasteiger partial charge in [-0.25, -0.2) is 0 Å². The number of likely N-dealkylation sites (tertiary alicyclic amines) is 1. The van der Waals surface area contributed by atoms with Crippen LogP contribution >= 0.6 is 11.6 Å². The third kappa shape index (κ3) is 1.30. The van der Waals surface area contributed by atoms with E-state index in [-0.39, 0.29) is 0 Å². The fourth-order valence-electron chi connectivity index (χ4n) is 1.78. The third-order valence-corrected chi connectivity index (χ3v) is 3.01. The van der Waals surface area contributed by atoms with E-state index in [1.165, 1.54) is 38.8 Å². The highest BCUT2D eigenvalue weighted by atomic mass is 35.5. The summed E-state index contributed by atoms with van der Waals surface area (Å²) in [6, 6.07) is 0.752. The van der Waals surface area contributed by atoms with E-state index < -0.39 is 0 Å². The third-order valence-electron chi connectivity index (χ3n) is 2.54. The van der Waals surface area contributed by atoms with Crippen molar-refractivity contribution in [2.75, 3.05) is 13.1 Å². The molecular formula is C8H14ClN. The van der Waals surface area contributed by atoms with E-state index in [0.29, 0.717) is 5.38 Å². The van der Waals surface area contributed by atoms with Gasteiger partial charge < -0.3 is 0 Å². The van der Waals surface area contributed by atoms with Gasteiger partial charge in [-0.15, -0.1) is 11.6 Å². The molecule has 0 N–H and O–H groups in total. The van der Waals surface area contributed by atoms with E-state index in [1.54, 1.807) is 0 Å². The molecule has 0 aromatic carbocycles. The molecule has 58 valence electrons. The zero-order chi connectivity index (χ0) is 6.97. The lowest BCUT2D eigenvalue weighted by Gasteiger charge is -2.26. The molecule has 0 aromatic heterocycles. The zero-order valence-corrected chi connectivity index (χ0v) is 6.98. The quantitative estimate of drug-likeness (QED) is 0.528. The summed E-state index contributed by atoms with van der Waals surface area (Å²) in [7, 11) is 0. The summed E-state index contributed by atoms with van der Waals surface area (Å²) < 4.78 is 0. The number of hydrogen-bond acceptors (Lipinski definition) is 1. The Morgan fingerprint density at radius 1 is 1.10 bits per heavy atom. The molecule has 1 aliphatic carbocycles. The molecule has 1 saturated heterocycles. The predicted octanol–water partition coefficient (Wildman–Crippen LogP) is 1.85. The lowest BCUT2D eigenvalue weighted by Crippen LogP contribution is -2.32. The van der Waals surface area contributed by atoms with Crippen LogP contribution in [0.5, 0.6) is 0 Å². The molecule has 2 rings (SSSR count). The number of rotatable bonds is 1. The van der Waals surface area contributed by atoms with Crippen molar-refractivity contribution in [3.8, 4) is 0 Å². The highest BCUT2D eigenvalue weighted by Gasteiger charge is 2.40. The van der Waals surface area contributed by atoms with Crippen molar-refractivity contribution in [3.63, 3.8) is 0 Å². The van der Waals surface area contributed by atoms with Gasteiger partial charge in [0.15, 0.2) is 0 Å². The van der Waals surface area contributed by atoms with Gasteiger partial charge in [0.2, 0.25) is 0 Å². The Labute approximate surface area is 67.3 Å². The predicted molar refractivity (Wildman–Crippen MR) is 43.5 cm³/mol. The Hall–Kier alpha value is 0.250. The van der Waals surface area contributed by atoms with Gasteiger partial charge in [-0.1, -0.05) is 6.42 Å². The van der Waals surface area contributed by atoms with Gasteiger partial charge in [0.25, 0.3) is 0 Å². The highest BCUT2D eigenvalue weighted by molar-refractivity contribution is 6.23. The first kappa shape index (κ1) is 6.93. The summed E-state index contributed by atoms with van der Waals surface area (Å²) in [5.74, 6) is 0. The molecular weight excluding hydrogens is 146 g/mol. The maximum absolute atomic E-state index is 5.94. The Balaban J connectivity index is 1.81. The minimum Gasteiger partial charge on any atom is -0.299 e. The number of alkyl halides is 1. The average Bonchev–Trinajstić information content (AvgIpc) is 2.69. The van der Waals surface area contributed by atoms with Gasteiger partial charge in [0.1, 0.15) is 0 Å². The first-order valence-corrected chi connectivity index (χ1v) is 4.70. The number of piperidine rings is 1. The molecule has 0 aromatic rings. The number of halogens is 1. The first-order valence-electron chi connectivity index (χ1n) is 4.26. The maximum atomic E-state index is 5.94. The van der Waals surface area contributed by atoms with E-state index in [4.69, 9.17) is 11.6 Å².